The Bertz CT molecular complexity index is 462. The minimum Gasteiger partial charge on any atom is -0.491 e. The maximum Gasteiger partial charge on any atom is 0.249 e. The van der Waals surface area contributed by atoms with E-state index in [2.05, 4.69) is 10.6 Å². The zero-order chi connectivity index (χ0) is 16.9. The summed E-state index contributed by atoms with van der Waals surface area (Å²) >= 11 is 0. The van der Waals surface area contributed by atoms with Crippen molar-refractivity contribution in [3.8, 4) is 0 Å². The minimum atomic E-state index is -0.370. The molecule has 2 N–H and O–H groups in total. The SMILES string of the molecule is CC[C@@H](C)NC1=C(OC)C(=O)C(N[C@H](C)CC)=C(OC)C1=O. The van der Waals surface area contributed by atoms with E-state index in [9.17, 15) is 9.59 Å². The van der Waals surface area contributed by atoms with Crippen LogP contribution >= 0.6 is 0 Å². The van der Waals surface area contributed by atoms with Crippen molar-refractivity contribution in [2.75, 3.05) is 14.2 Å². The van der Waals surface area contributed by atoms with Gasteiger partial charge in [0.2, 0.25) is 11.6 Å². The molecule has 1 rings (SSSR count). The van der Waals surface area contributed by atoms with Gasteiger partial charge in [-0.25, -0.2) is 0 Å². The second-order valence-electron chi connectivity index (χ2n) is 5.38. The lowest BCUT2D eigenvalue weighted by molar-refractivity contribution is -0.121. The number of rotatable bonds is 8. The van der Waals surface area contributed by atoms with Crippen molar-refractivity contribution in [1.29, 1.82) is 0 Å². The molecule has 22 heavy (non-hydrogen) atoms. The Hall–Kier alpha value is -1.98. The molecular weight excluding hydrogens is 284 g/mol. The van der Waals surface area contributed by atoms with Gasteiger partial charge in [0.15, 0.2) is 11.5 Å². The van der Waals surface area contributed by atoms with E-state index < -0.39 is 0 Å². The fraction of sp³-hybridized carbons (Fsp3) is 0.625. The van der Waals surface area contributed by atoms with Crippen LogP contribution in [0.2, 0.25) is 0 Å². The number of carbonyl (C=O) groups is 2. The molecule has 0 bridgehead atoms. The maximum atomic E-state index is 12.6. The number of Topliss-reactive ketones (excluding diaryl/α,β-unsaturated/α-hetero) is 2. The van der Waals surface area contributed by atoms with Gasteiger partial charge in [0.05, 0.1) is 14.2 Å². The average Bonchev–Trinajstić information content (AvgIpc) is 2.52. The number of ketones is 2. The summed E-state index contributed by atoms with van der Waals surface area (Å²) in [5, 5.41) is 6.09. The molecule has 124 valence electrons. The van der Waals surface area contributed by atoms with Crippen molar-refractivity contribution in [1.82, 2.24) is 10.6 Å². The maximum absolute atomic E-state index is 12.6. The predicted octanol–water partition coefficient (Wildman–Crippen LogP) is 1.63. The largest absolute Gasteiger partial charge is 0.491 e. The monoisotopic (exact) mass is 310 g/mol. The number of hydrogen-bond donors (Lipinski definition) is 2. The molecule has 0 aromatic carbocycles. The molecule has 0 unspecified atom stereocenters. The van der Waals surface area contributed by atoms with E-state index in [1.54, 1.807) is 0 Å². The van der Waals surface area contributed by atoms with E-state index in [1.807, 2.05) is 27.7 Å². The van der Waals surface area contributed by atoms with Gasteiger partial charge in [-0.1, -0.05) is 13.8 Å². The molecule has 0 aliphatic heterocycles. The Morgan fingerprint density at radius 2 is 1.14 bits per heavy atom. The molecule has 1 aliphatic carbocycles. The second kappa shape index (κ2) is 7.87. The summed E-state index contributed by atoms with van der Waals surface area (Å²) in [5.41, 5.74) is 0.321. The Labute approximate surface area is 131 Å². The van der Waals surface area contributed by atoms with Gasteiger partial charge in [-0.05, 0) is 26.7 Å². The van der Waals surface area contributed by atoms with Gasteiger partial charge in [-0.3, -0.25) is 9.59 Å². The van der Waals surface area contributed by atoms with Crippen LogP contribution in [-0.4, -0.2) is 37.9 Å². The molecule has 1 aliphatic rings. The van der Waals surface area contributed by atoms with Crippen LogP contribution in [0.15, 0.2) is 22.9 Å². The molecule has 0 aromatic rings. The summed E-state index contributed by atoms with van der Waals surface area (Å²) in [6, 6.07) is 0.0816. The van der Waals surface area contributed by atoms with Crippen LogP contribution in [0.1, 0.15) is 40.5 Å². The van der Waals surface area contributed by atoms with Gasteiger partial charge in [-0.15, -0.1) is 0 Å². The Kier molecular flexibility index (Phi) is 6.46. The van der Waals surface area contributed by atoms with Crippen molar-refractivity contribution in [2.45, 2.75) is 52.6 Å². The molecule has 0 saturated heterocycles. The van der Waals surface area contributed by atoms with Crippen LogP contribution in [0, 0.1) is 0 Å². The van der Waals surface area contributed by atoms with Crippen molar-refractivity contribution >= 4 is 11.6 Å². The van der Waals surface area contributed by atoms with Crippen LogP contribution in [0.5, 0.6) is 0 Å². The molecule has 0 radical (unpaired) electrons. The Balaban J connectivity index is 3.26. The third-order valence-corrected chi connectivity index (χ3v) is 3.74. The lowest BCUT2D eigenvalue weighted by Gasteiger charge is -2.26. The quantitative estimate of drug-likeness (QED) is 0.664. The molecule has 0 fully saturated rings. The Morgan fingerprint density at radius 3 is 1.36 bits per heavy atom. The van der Waals surface area contributed by atoms with Crippen LogP contribution in [0.4, 0.5) is 0 Å². The molecule has 2 atom stereocenters. The van der Waals surface area contributed by atoms with E-state index in [-0.39, 0.29) is 46.6 Å². The summed E-state index contributed by atoms with van der Waals surface area (Å²) in [7, 11) is 2.77. The van der Waals surface area contributed by atoms with Crippen LogP contribution in [0.3, 0.4) is 0 Å². The third-order valence-electron chi connectivity index (χ3n) is 3.74. The summed E-state index contributed by atoms with van der Waals surface area (Å²) in [4.78, 5) is 25.3. The number of carbonyl (C=O) groups excluding carboxylic acids is 2. The highest BCUT2D eigenvalue weighted by Gasteiger charge is 2.37. The number of hydrogen-bond acceptors (Lipinski definition) is 6. The fourth-order valence-electron chi connectivity index (χ4n) is 2.01. The van der Waals surface area contributed by atoms with E-state index in [0.717, 1.165) is 12.8 Å². The molecule has 0 heterocycles. The van der Waals surface area contributed by atoms with Gasteiger partial charge in [-0.2, -0.15) is 0 Å². The lowest BCUT2D eigenvalue weighted by Crippen LogP contribution is -2.41. The van der Waals surface area contributed by atoms with Crippen LogP contribution in [-0.2, 0) is 19.1 Å². The molecule has 0 amide bonds. The first kappa shape index (κ1) is 18.1. The third kappa shape index (κ3) is 3.61. The molecular formula is C16H26N2O4. The minimum absolute atomic E-state index is 0.0249. The van der Waals surface area contributed by atoms with Gasteiger partial charge in [0.25, 0.3) is 0 Å². The van der Waals surface area contributed by atoms with Crippen molar-refractivity contribution in [3.05, 3.63) is 22.9 Å². The normalized spacial score (nSPS) is 18.3. The topological polar surface area (TPSA) is 76.7 Å². The van der Waals surface area contributed by atoms with Gasteiger partial charge >= 0.3 is 0 Å². The van der Waals surface area contributed by atoms with E-state index in [4.69, 9.17) is 9.47 Å². The smallest absolute Gasteiger partial charge is 0.249 e. The van der Waals surface area contributed by atoms with Gasteiger partial charge < -0.3 is 20.1 Å². The molecule has 0 aromatic heterocycles. The highest BCUT2D eigenvalue weighted by Crippen LogP contribution is 2.24. The first-order valence-corrected chi connectivity index (χ1v) is 7.60. The fourth-order valence-corrected chi connectivity index (χ4v) is 2.01. The predicted molar refractivity (Wildman–Crippen MR) is 83.9 cm³/mol. The molecule has 0 spiro atoms. The summed E-state index contributed by atoms with van der Waals surface area (Å²) in [6.07, 6.45) is 1.62. The van der Waals surface area contributed by atoms with Crippen LogP contribution in [0.25, 0.3) is 0 Å². The second-order valence-corrected chi connectivity index (χ2v) is 5.38. The van der Waals surface area contributed by atoms with E-state index in [0.29, 0.717) is 0 Å². The standard InChI is InChI=1S/C16H26N2O4/c1-7-9(3)17-11-13(19)16(22-6)12(18-10(4)8-2)14(20)15(11)21-5/h9-10,17-18H,7-8H2,1-6H3/t9-,10-/m1/s1. The molecule has 6 heteroatoms. The van der Waals surface area contributed by atoms with Crippen molar-refractivity contribution in [2.24, 2.45) is 0 Å². The summed E-state index contributed by atoms with van der Waals surface area (Å²) in [5.74, 6) is -0.691. The number of methoxy groups -OCH3 is 2. The average molecular weight is 310 g/mol. The summed E-state index contributed by atoms with van der Waals surface area (Å²) < 4.78 is 10.4. The highest BCUT2D eigenvalue weighted by molar-refractivity contribution is 6.23. The lowest BCUT2D eigenvalue weighted by atomic mass is 10.00. The van der Waals surface area contributed by atoms with Crippen LogP contribution < -0.4 is 10.6 Å². The van der Waals surface area contributed by atoms with Crippen molar-refractivity contribution in [3.63, 3.8) is 0 Å². The molecule has 0 saturated carbocycles. The zero-order valence-corrected chi connectivity index (χ0v) is 14.2. The summed E-state index contributed by atoms with van der Waals surface area (Å²) in [6.45, 7) is 7.84. The molecule has 6 nitrogen and oxygen atoms in total. The number of ether oxygens (including phenoxy) is 2. The van der Waals surface area contributed by atoms with Gasteiger partial charge in [0.1, 0.15) is 11.4 Å². The van der Waals surface area contributed by atoms with Gasteiger partial charge in [0, 0.05) is 12.1 Å². The first-order chi connectivity index (χ1) is 10.4. The first-order valence-electron chi connectivity index (χ1n) is 7.60. The zero-order valence-electron chi connectivity index (χ0n) is 14.2. The Morgan fingerprint density at radius 1 is 0.818 bits per heavy atom. The van der Waals surface area contributed by atoms with Crippen molar-refractivity contribution < 1.29 is 19.1 Å². The van der Waals surface area contributed by atoms with E-state index in [1.165, 1.54) is 14.2 Å². The highest BCUT2D eigenvalue weighted by atomic mass is 16.5. The van der Waals surface area contributed by atoms with E-state index >= 15 is 0 Å². The number of nitrogens with one attached hydrogen (secondary N) is 2.